The molecule has 0 N–H and O–H groups in total. The Hall–Kier alpha value is -0.840. The number of rotatable bonds is 3. The molecule has 5 heteroatoms. The fraction of sp³-hybridized carbons (Fsp3) is 0.385. The fourth-order valence-corrected chi connectivity index (χ4v) is 2.24. The molecule has 0 aliphatic rings. The van der Waals surface area contributed by atoms with Crippen LogP contribution in [0.4, 0.5) is 17.6 Å². The van der Waals surface area contributed by atoms with Crippen LogP contribution in [-0.4, -0.2) is 5.33 Å². The van der Waals surface area contributed by atoms with Crippen molar-refractivity contribution in [2.75, 3.05) is 5.33 Å². The van der Waals surface area contributed by atoms with Crippen LogP contribution in [0.1, 0.15) is 25.0 Å². The van der Waals surface area contributed by atoms with Crippen molar-refractivity contribution in [2.45, 2.75) is 20.0 Å². The van der Waals surface area contributed by atoms with Crippen LogP contribution in [0.2, 0.25) is 0 Å². The maximum absolute atomic E-state index is 13.2. The van der Waals surface area contributed by atoms with Crippen molar-refractivity contribution in [1.29, 1.82) is 0 Å². The summed E-state index contributed by atoms with van der Waals surface area (Å²) in [6, 6.07) is 2.55. The zero-order chi connectivity index (χ0) is 13.9. The second-order valence-corrected chi connectivity index (χ2v) is 4.84. The van der Waals surface area contributed by atoms with Gasteiger partial charge in [-0.05, 0) is 29.7 Å². The van der Waals surface area contributed by atoms with Crippen molar-refractivity contribution in [3.05, 3.63) is 40.7 Å². The lowest BCUT2D eigenvalue weighted by Gasteiger charge is -2.10. The van der Waals surface area contributed by atoms with E-state index in [0.29, 0.717) is 11.4 Å². The summed E-state index contributed by atoms with van der Waals surface area (Å²) in [6.45, 7) is 3.86. The Balaban J connectivity index is 3.22. The van der Waals surface area contributed by atoms with Gasteiger partial charge in [0.15, 0.2) is 0 Å². The molecule has 0 heterocycles. The van der Waals surface area contributed by atoms with Crippen molar-refractivity contribution in [2.24, 2.45) is 5.92 Å². The van der Waals surface area contributed by atoms with E-state index < -0.39 is 17.6 Å². The molecule has 0 aromatic heterocycles. The van der Waals surface area contributed by atoms with E-state index in [2.05, 4.69) is 15.9 Å². The first-order valence-electron chi connectivity index (χ1n) is 5.38. The highest BCUT2D eigenvalue weighted by Gasteiger charge is 2.31. The zero-order valence-electron chi connectivity index (χ0n) is 9.98. The van der Waals surface area contributed by atoms with Crippen LogP contribution in [-0.2, 0) is 6.18 Å². The third kappa shape index (κ3) is 4.12. The van der Waals surface area contributed by atoms with Crippen LogP contribution in [0, 0.1) is 11.7 Å². The molecule has 100 valence electrons. The predicted octanol–water partition coefficient (Wildman–Crippen LogP) is 5.28. The Kier molecular flexibility index (Phi) is 4.96. The van der Waals surface area contributed by atoms with Crippen LogP contribution in [0.15, 0.2) is 23.8 Å². The summed E-state index contributed by atoms with van der Waals surface area (Å²) in [4.78, 5) is 0. The highest BCUT2D eigenvalue weighted by Crippen LogP contribution is 2.31. The van der Waals surface area contributed by atoms with Crippen LogP contribution in [0.25, 0.3) is 6.08 Å². The average molecular weight is 325 g/mol. The summed E-state index contributed by atoms with van der Waals surface area (Å²) in [5.41, 5.74) is 0.172. The lowest BCUT2D eigenvalue weighted by atomic mass is 10.0. The molecule has 0 atom stereocenters. The van der Waals surface area contributed by atoms with Gasteiger partial charge in [-0.25, -0.2) is 4.39 Å². The lowest BCUT2D eigenvalue weighted by molar-refractivity contribution is -0.137. The molecule has 0 aliphatic heterocycles. The summed E-state index contributed by atoms with van der Waals surface area (Å²) in [7, 11) is 0. The Labute approximate surface area is 112 Å². The molecule has 0 unspecified atom stereocenters. The average Bonchev–Trinajstić information content (AvgIpc) is 2.23. The van der Waals surface area contributed by atoms with Gasteiger partial charge >= 0.3 is 6.18 Å². The van der Waals surface area contributed by atoms with Crippen LogP contribution >= 0.6 is 15.9 Å². The molecule has 0 radical (unpaired) electrons. The van der Waals surface area contributed by atoms with Gasteiger partial charge in [0.2, 0.25) is 0 Å². The molecule has 1 aromatic rings. The fourth-order valence-electron chi connectivity index (χ4n) is 1.43. The maximum atomic E-state index is 13.2. The summed E-state index contributed by atoms with van der Waals surface area (Å²) in [5.74, 6) is -0.698. The van der Waals surface area contributed by atoms with Crippen molar-refractivity contribution in [3.8, 4) is 0 Å². The second-order valence-electron chi connectivity index (χ2n) is 4.28. The lowest BCUT2D eigenvalue weighted by Crippen LogP contribution is -2.06. The van der Waals surface area contributed by atoms with E-state index in [4.69, 9.17) is 0 Å². The number of alkyl halides is 4. The van der Waals surface area contributed by atoms with Crippen molar-refractivity contribution in [1.82, 2.24) is 0 Å². The minimum Gasteiger partial charge on any atom is -0.207 e. The van der Waals surface area contributed by atoms with E-state index >= 15 is 0 Å². The zero-order valence-corrected chi connectivity index (χ0v) is 11.6. The van der Waals surface area contributed by atoms with E-state index in [0.717, 1.165) is 17.7 Å². The topological polar surface area (TPSA) is 0 Å². The van der Waals surface area contributed by atoms with Crippen molar-refractivity contribution in [3.63, 3.8) is 0 Å². The molecule has 0 saturated heterocycles. The van der Waals surface area contributed by atoms with Gasteiger partial charge in [0.05, 0.1) is 5.56 Å². The molecule has 1 aromatic carbocycles. The van der Waals surface area contributed by atoms with Crippen LogP contribution in [0.3, 0.4) is 0 Å². The first kappa shape index (κ1) is 15.2. The number of hydrogen-bond donors (Lipinski definition) is 0. The van der Waals surface area contributed by atoms with Crippen LogP contribution < -0.4 is 0 Å². The maximum Gasteiger partial charge on any atom is 0.416 e. The third-order valence-electron chi connectivity index (χ3n) is 2.50. The third-order valence-corrected chi connectivity index (χ3v) is 3.14. The molecule has 0 spiro atoms. The molecule has 1 rings (SSSR count). The number of hydrogen-bond acceptors (Lipinski definition) is 0. The predicted molar refractivity (Wildman–Crippen MR) is 68.0 cm³/mol. The summed E-state index contributed by atoms with van der Waals surface area (Å²) >= 11 is 3.27. The molecular formula is C13H13BrF4. The van der Waals surface area contributed by atoms with Crippen LogP contribution in [0.5, 0.6) is 0 Å². The number of benzene rings is 1. The first-order valence-corrected chi connectivity index (χ1v) is 6.50. The van der Waals surface area contributed by atoms with Gasteiger partial charge in [0.1, 0.15) is 5.82 Å². The molecule has 0 fully saturated rings. The summed E-state index contributed by atoms with van der Waals surface area (Å²) in [6.07, 6.45) is -2.95. The molecule has 0 saturated carbocycles. The smallest absolute Gasteiger partial charge is 0.207 e. The van der Waals surface area contributed by atoms with Gasteiger partial charge in [0.25, 0.3) is 0 Å². The molecule has 0 bridgehead atoms. The quantitative estimate of drug-likeness (QED) is 0.524. The minimum atomic E-state index is -4.53. The molecule has 0 nitrogen and oxygen atoms in total. The van der Waals surface area contributed by atoms with Crippen molar-refractivity contribution >= 4 is 22.0 Å². The first-order chi connectivity index (χ1) is 8.24. The largest absolute Gasteiger partial charge is 0.416 e. The summed E-state index contributed by atoms with van der Waals surface area (Å²) in [5, 5.41) is 0.544. The SMILES string of the molecule is CC(C)/C(=C/c1cc(F)cc(C(F)(F)F)c1)CBr. The monoisotopic (exact) mass is 324 g/mol. The minimum absolute atomic E-state index is 0.182. The highest BCUT2D eigenvalue weighted by atomic mass is 79.9. The number of allylic oxidation sites excluding steroid dienone is 1. The van der Waals surface area contributed by atoms with Gasteiger partial charge in [-0.3, -0.25) is 0 Å². The van der Waals surface area contributed by atoms with Gasteiger partial charge in [-0.1, -0.05) is 41.4 Å². The standard InChI is InChI=1S/C13H13BrF4/c1-8(2)10(7-14)3-9-4-11(13(16,17)18)6-12(15)5-9/h3-6,8H,7H2,1-2H3/b10-3+. The van der Waals surface area contributed by atoms with E-state index in [9.17, 15) is 17.6 Å². The van der Waals surface area contributed by atoms with Gasteiger partial charge in [-0.2, -0.15) is 13.2 Å². The highest BCUT2D eigenvalue weighted by molar-refractivity contribution is 9.09. The van der Waals surface area contributed by atoms with Gasteiger partial charge in [-0.15, -0.1) is 0 Å². The van der Waals surface area contributed by atoms with Gasteiger partial charge in [0, 0.05) is 5.33 Å². The normalized spacial score (nSPS) is 13.2. The van der Waals surface area contributed by atoms with E-state index in [1.54, 1.807) is 6.08 Å². The van der Waals surface area contributed by atoms with E-state index in [1.165, 1.54) is 0 Å². The Morgan fingerprint density at radius 1 is 1.28 bits per heavy atom. The Morgan fingerprint density at radius 3 is 2.33 bits per heavy atom. The Morgan fingerprint density at radius 2 is 1.89 bits per heavy atom. The summed E-state index contributed by atoms with van der Waals surface area (Å²) < 4.78 is 50.8. The van der Waals surface area contributed by atoms with Crippen molar-refractivity contribution < 1.29 is 17.6 Å². The number of halogens is 5. The molecule has 0 aliphatic carbocycles. The van der Waals surface area contributed by atoms with Gasteiger partial charge < -0.3 is 0 Å². The second kappa shape index (κ2) is 5.87. The van der Waals surface area contributed by atoms with E-state index in [1.807, 2.05) is 13.8 Å². The molecule has 18 heavy (non-hydrogen) atoms. The molecule has 0 amide bonds. The van der Waals surface area contributed by atoms with E-state index in [-0.39, 0.29) is 11.5 Å². The molecular weight excluding hydrogens is 312 g/mol. The Bertz CT molecular complexity index is 447.